The predicted molar refractivity (Wildman–Crippen MR) is 83.4 cm³/mol. The fourth-order valence-corrected chi connectivity index (χ4v) is 2.24. The van der Waals surface area contributed by atoms with E-state index in [0.29, 0.717) is 12.4 Å². The maximum absolute atomic E-state index is 12.0. The van der Waals surface area contributed by atoms with Gasteiger partial charge in [-0.3, -0.25) is 9.69 Å². The Morgan fingerprint density at radius 2 is 1.74 bits per heavy atom. The fraction of sp³-hybridized carbons (Fsp3) is 0.500. The van der Waals surface area contributed by atoms with Crippen LogP contribution < -0.4 is 14.8 Å². The van der Waals surface area contributed by atoms with Crippen LogP contribution in [0.2, 0.25) is 0 Å². The van der Waals surface area contributed by atoms with E-state index in [2.05, 4.69) is 5.32 Å². The van der Waals surface area contributed by atoms with Crippen molar-refractivity contribution >= 4 is 11.9 Å². The van der Waals surface area contributed by atoms with E-state index in [9.17, 15) is 14.7 Å². The number of hydrogen-bond acceptors (Lipinski definition) is 5. The first-order valence-corrected chi connectivity index (χ1v) is 7.51. The van der Waals surface area contributed by atoms with Crippen molar-refractivity contribution in [2.24, 2.45) is 0 Å². The third-order valence-electron chi connectivity index (χ3n) is 3.41. The molecule has 0 bridgehead atoms. The molecule has 1 unspecified atom stereocenters. The quantitative estimate of drug-likeness (QED) is 0.735. The van der Waals surface area contributed by atoms with E-state index in [-0.39, 0.29) is 19.1 Å². The number of amides is 3. The number of nitrogens with zero attached hydrogens (tertiary/aromatic N) is 1. The number of hydrogen-bond donors (Lipinski definition) is 2. The van der Waals surface area contributed by atoms with Gasteiger partial charge in [-0.1, -0.05) is 0 Å². The zero-order valence-corrected chi connectivity index (χ0v) is 13.5. The molecule has 126 valence electrons. The van der Waals surface area contributed by atoms with E-state index in [0.717, 1.165) is 10.6 Å². The molecule has 0 radical (unpaired) electrons. The van der Waals surface area contributed by atoms with Crippen molar-refractivity contribution in [1.82, 2.24) is 10.2 Å². The van der Waals surface area contributed by atoms with Gasteiger partial charge in [-0.25, -0.2) is 4.79 Å². The summed E-state index contributed by atoms with van der Waals surface area (Å²) in [6.45, 7) is 5.60. The second kappa shape index (κ2) is 6.87. The molecule has 1 aromatic carbocycles. The van der Waals surface area contributed by atoms with Gasteiger partial charge in [0.2, 0.25) is 0 Å². The smallest absolute Gasteiger partial charge is 0.325 e. The first-order valence-electron chi connectivity index (χ1n) is 7.51. The fourth-order valence-electron chi connectivity index (χ4n) is 2.24. The largest absolute Gasteiger partial charge is 0.494 e. The molecule has 1 heterocycles. The average Bonchev–Trinajstić information content (AvgIpc) is 2.69. The van der Waals surface area contributed by atoms with Gasteiger partial charge in [0.15, 0.2) is 0 Å². The Morgan fingerprint density at radius 3 is 2.22 bits per heavy atom. The van der Waals surface area contributed by atoms with Crippen LogP contribution in [0.15, 0.2) is 24.3 Å². The number of nitrogens with one attached hydrogen (secondary N) is 1. The van der Waals surface area contributed by atoms with Crippen LogP contribution in [0.1, 0.15) is 20.8 Å². The summed E-state index contributed by atoms with van der Waals surface area (Å²) in [4.78, 5) is 24.8. The van der Waals surface area contributed by atoms with Gasteiger partial charge in [0.05, 0.1) is 13.2 Å². The van der Waals surface area contributed by atoms with E-state index in [1.807, 2.05) is 6.92 Å². The molecular weight excluding hydrogens is 300 g/mol. The molecule has 0 spiro atoms. The number of imide groups is 1. The minimum atomic E-state index is -0.967. The lowest BCUT2D eigenvalue weighted by molar-refractivity contribution is -0.131. The molecule has 7 heteroatoms. The van der Waals surface area contributed by atoms with Crippen LogP contribution in [-0.2, 0) is 4.79 Å². The second-order valence-corrected chi connectivity index (χ2v) is 5.84. The molecule has 0 aliphatic carbocycles. The number of carbonyl (C=O) groups excluding carboxylic acids is 2. The number of aliphatic hydroxyl groups excluding tert-OH is 1. The Kier molecular flexibility index (Phi) is 5.10. The van der Waals surface area contributed by atoms with Crippen LogP contribution in [0, 0.1) is 0 Å². The maximum Gasteiger partial charge on any atom is 0.325 e. The number of ether oxygens (including phenoxy) is 2. The summed E-state index contributed by atoms with van der Waals surface area (Å²) >= 11 is 0. The number of urea groups is 1. The third kappa shape index (κ3) is 4.13. The van der Waals surface area contributed by atoms with Crippen LogP contribution in [0.25, 0.3) is 0 Å². The number of carbonyl (C=O) groups is 2. The summed E-state index contributed by atoms with van der Waals surface area (Å²) in [6.07, 6.45) is -0.967. The number of rotatable bonds is 7. The minimum absolute atomic E-state index is 0.0224. The van der Waals surface area contributed by atoms with Crippen LogP contribution >= 0.6 is 0 Å². The molecule has 23 heavy (non-hydrogen) atoms. The SMILES string of the molecule is CCOc1ccc(OCC(O)CN2C(=O)NC(C)(C)C2=O)cc1. The van der Waals surface area contributed by atoms with Crippen molar-refractivity contribution in [2.75, 3.05) is 19.8 Å². The highest BCUT2D eigenvalue weighted by atomic mass is 16.5. The standard InChI is InChI=1S/C16H22N2O5/c1-4-22-12-5-7-13(8-6-12)23-10-11(19)9-18-14(20)16(2,3)17-15(18)21/h5-8,11,19H,4,9-10H2,1-3H3,(H,17,21). The molecule has 2 N–H and O–H groups in total. The molecule has 3 amide bonds. The normalized spacial score (nSPS) is 17.8. The van der Waals surface area contributed by atoms with Crippen molar-refractivity contribution in [3.63, 3.8) is 0 Å². The second-order valence-electron chi connectivity index (χ2n) is 5.84. The van der Waals surface area contributed by atoms with Gasteiger partial charge in [0, 0.05) is 0 Å². The zero-order valence-electron chi connectivity index (χ0n) is 13.5. The van der Waals surface area contributed by atoms with Crippen LogP contribution in [-0.4, -0.2) is 53.3 Å². The molecule has 1 aliphatic rings. The van der Waals surface area contributed by atoms with Crippen LogP contribution in [0.5, 0.6) is 11.5 Å². The zero-order chi connectivity index (χ0) is 17.0. The summed E-state index contributed by atoms with van der Waals surface area (Å²) in [7, 11) is 0. The number of benzene rings is 1. The van der Waals surface area contributed by atoms with Gasteiger partial charge in [0.1, 0.15) is 29.7 Å². The molecule has 1 aromatic rings. The van der Waals surface area contributed by atoms with Crippen LogP contribution in [0.4, 0.5) is 4.79 Å². The van der Waals surface area contributed by atoms with Crippen molar-refractivity contribution in [3.05, 3.63) is 24.3 Å². The average molecular weight is 322 g/mol. The highest BCUT2D eigenvalue weighted by Crippen LogP contribution is 2.19. The van der Waals surface area contributed by atoms with Crippen molar-refractivity contribution in [2.45, 2.75) is 32.4 Å². The van der Waals surface area contributed by atoms with Crippen LogP contribution in [0.3, 0.4) is 0 Å². The van der Waals surface area contributed by atoms with Crippen molar-refractivity contribution in [3.8, 4) is 11.5 Å². The topological polar surface area (TPSA) is 88.1 Å². The van der Waals surface area contributed by atoms with Crippen molar-refractivity contribution < 1.29 is 24.2 Å². The lowest BCUT2D eigenvalue weighted by atomic mass is 10.1. The molecule has 7 nitrogen and oxygen atoms in total. The van der Waals surface area contributed by atoms with Gasteiger partial charge in [-0.15, -0.1) is 0 Å². The molecule has 1 aliphatic heterocycles. The highest BCUT2D eigenvalue weighted by molar-refractivity contribution is 6.06. The van der Waals surface area contributed by atoms with Gasteiger partial charge in [-0.2, -0.15) is 0 Å². The molecule has 0 aromatic heterocycles. The lowest BCUT2D eigenvalue weighted by Gasteiger charge is -2.19. The van der Waals surface area contributed by atoms with Gasteiger partial charge in [-0.05, 0) is 45.0 Å². The van der Waals surface area contributed by atoms with E-state index in [4.69, 9.17) is 9.47 Å². The molecule has 0 saturated carbocycles. The Morgan fingerprint density at radius 1 is 1.17 bits per heavy atom. The minimum Gasteiger partial charge on any atom is -0.494 e. The maximum atomic E-state index is 12.0. The first-order chi connectivity index (χ1) is 10.8. The Labute approximate surface area is 135 Å². The van der Waals surface area contributed by atoms with Gasteiger partial charge >= 0.3 is 6.03 Å². The monoisotopic (exact) mass is 322 g/mol. The van der Waals surface area contributed by atoms with E-state index >= 15 is 0 Å². The highest BCUT2D eigenvalue weighted by Gasteiger charge is 2.44. The predicted octanol–water partition coefficient (Wildman–Crippen LogP) is 1.16. The molecule has 2 rings (SSSR count). The Hall–Kier alpha value is -2.28. The molecule has 1 fully saturated rings. The number of β-amino-alcohol motifs (C(OH)–C–C–N with tert-alkyl or cyclic N) is 1. The first kappa shape index (κ1) is 17.1. The number of aliphatic hydroxyl groups is 1. The lowest BCUT2D eigenvalue weighted by Crippen LogP contribution is -2.42. The van der Waals surface area contributed by atoms with Gasteiger partial charge < -0.3 is 19.9 Å². The van der Waals surface area contributed by atoms with Crippen molar-refractivity contribution in [1.29, 1.82) is 0 Å². The summed E-state index contributed by atoms with van der Waals surface area (Å²) in [5.41, 5.74) is -0.938. The summed E-state index contributed by atoms with van der Waals surface area (Å²) in [6, 6.07) is 6.50. The molecular formula is C16H22N2O5. The summed E-state index contributed by atoms with van der Waals surface area (Å²) < 4.78 is 10.8. The third-order valence-corrected chi connectivity index (χ3v) is 3.41. The molecule has 1 saturated heterocycles. The van der Waals surface area contributed by atoms with E-state index in [1.54, 1.807) is 38.1 Å². The summed E-state index contributed by atoms with van der Waals surface area (Å²) in [5, 5.41) is 12.6. The summed E-state index contributed by atoms with van der Waals surface area (Å²) in [5.74, 6) is 0.953. The van der Waals surface area contributed by atoms with E-state index < -0.39 is 17.7 Å². The molecule has 1 atom stereocenters. The Bertz CT molecular complexity index is 570. The van der Waals surface area contributed by atoms with Gasteiger partial charge in [0.25, 0.3) is 5.91 Å². The van der Waals surface area contributed by atoms with E-state index in [1.165, 1.54) is 0 Å². The Balaban J connectivity index is 1.84.